The number of benzene rings is 1. The van der Waals surface area contributed by atoms with Gasteiger partial charge in [0.25, 0.3) is 0 Å². The van der Waals surface area contributed by atoms with Crippen molar-refractivity contribution in [3.8, 4) is 11.8 Å². The Hall–Kier alpha value is -3.14. The Morgan fingerprint density at radius 3 is 2.85 bits per heavy atom. The summed E-state index contributed by atoms with van der Waals surface area (Å²) in [6.07, 6.45) is 5.46. The highest BCUT2D eigenvalue weighted by atomic mass is 16.5. The highest BCUT2D eigenvalue weighted by Crippen LogP contribution is 2.21. The maximum Gasteiger partial charge on any atom is 0.320 e. The molecule has 0 spiro atoms. The third-order valence-electron chi connectivity index (χ3n) is 5.15. The Morgan fingerprint density at radius 2 is 2.09 bits per heavy atom. The molecule has 0 radical (unpaired) electrons. The van der Waals surface area contributed by atoms with Crippen LogP contribution in [-0.2, 0) is 11.3 Å². The fourth-order valence-electron chi connectivity index (χ4n) is 3.39. The molecule has 1 aromatic carbocycles. The summed E-state index contributed by atoms with van der Waals surface area (Å²) in [6, 6.07) is 7.70. The van der Waals surface area contributed by atoms with Gasteiger partial charge < -0.3 is 24.8 Å². The maximum absolute atomic E-state index is 10.0. The molecule has 0 saturated carbocycles. The summed E-state index contributed by atoms with van der Waals surface area (Å²) in [7, 11) is 0. The van der Waals surface area contributed by atoms with Crippen molar-refractivity contribution in [2.24, 2.45) is 0 Å². The number of aryl methyl sites for hydroxylation is 1. The van der Waals surface area contributed by atoms with Crippen LogP contribution in [0.15, 0.2) is 49.3 Å². The van der Waals surface area contributed by atoms with Gasteiger partial charge in [0, 0.05) is 50.2 Å². The van der Waals surface area contributed by atoms with Crippen LogP contribution in [0.3, 0.4) is 0 Å². The number of rotatable bonds is 12. The highest BCUT2D eigenvalue weighted by Gasteiger charge is 2.12. The Balaban J connectivity index is 1.62. The second-order valence-electron chi connectivity index (χ2n) is 7.68. The van der Waals surface area contributed by atoms with Crippen molar-refractivity contribution in [2.45, 2.75) is 20.4 Å². The normalized spacial score (nSPS) is 14.4. The van der Waals surface area contributed by atoms with Gasteiger partial charge in [-0.1, -0.05) is 30.4 Å². The summed E-state index contributed by atoms with van der Waals surface area (Å²) < 4.78 is 11.3. The SMILES string of the molecule is C=CN(/C=C\C)c1cc(NCNCc2cc(C)ccc2O)nc(OCCN2CCOCC2)n1. The molecule has 3 N–H and O–H groups in total. The van der Waals surface area contributed by atoms with Gasteiger partial charge in [0.2, 0.25) is 0 Å². The lowest BCUT2D eigenvalue weighted by Crippen LogP contribution is -2.38. The first kappa shape index (κ1) is 24.5. The van der Waals surface area contributed by atoms with Gasteiger partial charge >= 0.3 is 6.01 Å². The summed E-state index contributed by atoms with van der Waals surface area (Å²) in [5, 5.41) is 16.5. The van der Waals surface area contributed by atoms with Crippen LogP contribution in [0.2, 0.25) is 0 Å². The molecular weight excluding hydrogens is 420 g/mol. The Morgan fingerprint density at radius 1 is 1.27 bits per heavy atom. The van der Waals surface area contributed by atoms with E-state index in [4.69, 9.17) is 9.47 Å². The number of phenols is 1. The van der Waals surface area contributed by atoms with Crippen molar-refractivity contribution in [1.29, 1.82) is 0 Å². The topological polar surface area (TPSA) is 95.0 Å². The van der Waals surface area contributed by atoms with E-state index in [0.717, 1.165) is 44.0 Å². The number of phenolic OH excluding ortho intramolecular Hbond substituents is 1. The van der Waals surface area contributed by atoms with Gasteiger partial charge in [0.1, 0.15) is 24.0 Å². The van der Waals surface area contributed by atoms with Crippen molar-refractivity contribution in [3.63, 3.8) is 0 Å². The molecule has 2 aromatic rings. The van der Waals surface area contributed by atoms with Crippen LogP contribution in [0, 0.1) is 6.92 Å². The van der Waals surface area contributed by atoms with Gasteiger partial charge in [-0.05, 0) is 19.9 Å². The van der Waals surface area contributed by atoms with Crippen molar-refractivity contribution in [3.05, 3.63) is 60.4 Å². The van der Waals surface area contributed by atoms with E-state index in [-0.39, 0.29) is 5.75 Å². The number of allylic oxidation sites excluding steroid dienone is 1. The molecule has 1 aliphatic rings. The van der Waals surface area contributed by atoms with Crippen LogP contribution >= 0.6 is 0 Å². The van der Waals surface area contributed by atoms with E-state index in [9.17, 15) is 5.11 Å². The second-order valence-corrected chi connectivity index (χ2v) is 7.68. The number of morpholine rings is 1. The minimum Gasteiger partial charge on any atom is -0.508 e. The molecule has 9 heteroatoms. The van der Waals surface area contributed by atoms with Gasteiger partial charge in [-0.25, -0.2) is 0 Å². The molecule has 9 nitrogen and oxygen atoms in total. The van der Waals surface area contributed by atoms with E-state index in [1.807, 2.05) is 44.3 Å². The number of hydrogen-bond donors (Lipinski definition) is 3. The zero-order chi connectivity index (χ0) is 23.5. The number of anilines is 2. The van der Waals surface area contributed by atoms with Crippen LogP contribution in [0.25, 0.3) is 0 Å². The molecule has 1 fully saturated rings. The molecule has 178 valence electrons. The number of aromatic nitrogens is 2. The Kier molecular flexibility index (Phi) is 9.49. The zero-order valence-corrected chi connectivity index (χ0v) is 19.5. The Labute approximate surface area is 195 Å². The summed E-state index contributed by atoms with van der Waals surface area (Å²) in [6.45, 7) is 13.4. The third kappa shape index (κ3) is 7.74. The lowest BCUT2D eigenvalue weighted by atomic mass is 10.1. The standard InChI is InChI=1S/C24H34N6O3/c1-4-8-30(5-2)23-16-22(26-18-25-17-20-15-19(3)6-7-21(20)31)27-24(28-23)33-14-11-29-9-12-32-13-10-29/h4-8,15-16,25,31H,2,9-14,17-18H2,1,3H3,(H,26,27,28)/b8-4-. The van der Waals surface area contributed by atoms with Gasteiger partial charge in [-0.3, -0.25) is 10.2 Å². The molecule has 33 heavy (non-hydrogen) atoms. The van der Waals surface area contributed by atoms with Crippen LogP contribution in [0.5, 0.6) is 11.8 Å². The first-order chi connectivity index (χ1) is 16.1. The summed E-state index contributed by atoms with van der Waals surface area (Å²) >= 11 is 0. The molecule has 0 bridgehead atoms. The minimum absolute atomic E-state index is 0.279. The maximum atomic E-state index is 10.0. The predicted molar refractivity (Wildman–Crippen MR) is 130 cm³/mol. The van der Waals surface area contributed by atoms with Gasteiger partial charge in [-0.2, -0.15) is 9.97 Å². The van der Waals surface area contributed by atoms with Crippen molar-refractivity contribution in [1.82, 2.24) is 20.2 Å². The molecule has 0 unspecified atom stereocenters. The molecule has 1 aromatic heterocycles. The molecule has 0 atom stereocenters. The average Bonchev–Trinajstić information content (AvgIpc) is 2.83. The summed E-state index contributed by atoms with van der Waals surface area (Å²) in [5.41, 5.74) is 1.95. The third-order valence-corrected chi connectivity index (χ3v) is 5.15. The smallest absolute Gasteiger partial charge is 0.320 e. The summed E-state index contributed by atoms with van der Waals surface area (Å²) in [4.78, 5) is 13.1. The van der Waals surface area contributed by atoms with Gasteiger partial charge in [0.05, 0.1) is 19.9 Å². The number of hydrogen-bond acceptors (Lipinski definition) is 9. The Bertz CT molecular complexity index is 930. The molecule has 0 amide bonds. The van der Waals surface area contributed by atoms with Crippen LogP contribution < -0.4 is 20.3 Å². The fourth-order valence-corrected chi connectivity index (χ4v) is 3.39. The van der Waals surface area contributed by atoms with Crippen molar-refractivity contribution < 1.29 is 14.6 Å². The van der Waals surface area contributed by atoms with Gasteiger partial charge in [0.15, 0.2) is 0 Å². The highest BCUT2D eigenvalue weighted by molar-refractivity contribution is 5.53. The number of nitrogens with one attached hydrogen (secondary N) is 2. The fraction of sp³-hybridized carbons (Fsp3) is 0.417. The van der Waals surface area contributed by atoms with E-state index in [1.54, 1.807) is 17.2 Å². The lowest BCUT2D eigenvalue weighted by molar-refractivity contribution is 0.0317. The van der Waals surface area contributed by atoms with Crippen molar-refractivity contribution >= 4 is 11.6 Å². The largest absolute Gasteiger partial charge is 0.508 e. The van der Waals surface area contributed by atoms with E-state index in [1.165, 1.54) is 0 Å². The van der Waals surface area contributed by atoms with Gasteiger partial charge in [-0.15, -0.1) is 0 Å². The van der Waals surface area contributed by atoms with Crippen LogP contribution in [0.1, 0.15) is 18.1 Å². The molecule has 2 heterocycles. The molecule has 0 aliphatic carbocycles. The van der Waals surface area contributed by atoms with E-state index in [0.29, 0.717) is 37.5 Å². The van der Waals surface area contributed by atoms with E-state index >= 15 is 0 Å². The molecular formula is C24H34N6O3. The van der Waals surface area contributed by atoms with E-state index < -0.39 is 0 Å². The second kappa shape index (κ2) is 12.8. The minimum atomic E-state index is 0.279. The molecule has 1 aliphatic heterocycles. The molecule has 1 saturated heterocycles. The number of ether oxygens (including phenoxy) is 2. The molecule has 3 rings (SSSR count). The van der Waals surface area contributed by atoms with Crippen molar-refractivity contribution in [2.75, 3.05) is 56.3 Å². The predicted octanol–water partition coefficient (Wildman–Crippen LogP) is 2.84. The zero-order valence-electron chi connectivity index (χ0n) is 19.5. The monoisotopic (exact) mass is 454 g/mol. The first-order valence-electron chi connectivity index (χ1n) is 11.2. The summed E-state index contributed by atoms with van der Waals surface area (Å²) in [5.74, 6) is 1.55. The number of nitrogens with zero attached hydrogens (tertiary/aromatic N) is 4. The van der Waals surface area contributed by atoms with Crippen LogP contribution in [0.4, 0.5) is 11.6 Å². The lowest BCUT2D eigenvalue weighted by Gasteiger charge is -2.26. The van der Waals surface area contributed by atoms with E-state index in [2.05, 4.69) is 32.1 Å². The first-order valence-corrected chi connectivity index (χ1v) is 11.2. The quantitative estimate of drug-likeness (QED) is 0.330. The van der Waals surface area contributed by atoms with Crippen LogP contribution in [-0.4, -0.2) is 66.1 Å². The average molecular weight is 455 g/mol. The number of aromatic hydroxyl groups is 1.